The molecule has 11 heteroatoms. The molecule has 0 saturated carbocycles. The van der Waals surface area contributed by atoms with E-state index < -0.39 is 0 Å². The Hall–Kier alpha value is -3.21. The van der Waals surface area contributed by atoms with Crippen molar-refractivity contribution >= 4 is 17.7 Å². The first-order chi connectivity index (χ1) is 16.0. The van der Waals surface area contributed by atoms with Gasteiger partial charge in [-0.2, -0.15) is 5.10 Å². The second-order valence-corrected chi connectivity index (χ2v) is 8.32. The Kier molecular flexibility index (Phi) is 6.50. The van der Waals surface area contributed by atoms with Gasteiger partial charge in [-0.1, -0.05) is 11.8 Å². The maximum absolute atomic E-state index is 13.5. The van der Waals surface area contributed by atoms with Crippen LogP contribution in [0.4, 0.5) is 0 Å². The minimum absolute atomic E-state index is 0.114. The second-order valence-electron chi connectivity index (χ2n) is 7.54. The van der Waals surface area contributed by atoms with Crippen LogP contribution in [0.15, 0.2) is 17.3 Å². The Bertz CT molecular complexity index is 1160. The fourth-order valence-electron chi connectivity index (χ4n) is 4.23. The van der Waals surface area contributed by atoms with Crippen molar-refractivity contribution < 1.29 is 19.0 Å². The number of hydrogen-bond donors (Lipinski definition) is 0. The highest BCUT2D eigenvalue weighted by Crippen LogP contribution is 2.39. The number of methoxy groups -OCH3 is 3. The molecule has 1 aliphatic rings. The number of fused-ring (bicyclic) bond motifs is 1. The fraction of sp³-hybridized carbons (Fsp3) is 0.455. The minimum Gasteiger partial charge on any atom is -0.493 e. The standard InChI is InChI=1S/C22H28N6O4S/c1-7-28-20(23-24-22(28)33-6)18-14-12-27(9-8-15(14)26(2)25-18)21(29)13-10-16(30-3)19(32-5)17(11-13)31-4/h10-11H,7-9,12H2,1-6H3. The van der Waals surface area contributed by atoms with Crippen molar-refractivity contribution in [3.8, 4) is 28.8 Å². The van der Waals surface area contributed by atoms with Crippen LogP contribution in [-0.2, 0) is 26.6 Å². The van der Waals surface area contributed by atoms with E-state index in [0.717, 1.165) is 34.5 Å². The Morgan fingerprint density at radius 1 is 1.12 bits per heavy atom. The number of ether oxygens (including phenoxy) is 3. The van der Waals surface area contributed by atoms with Crippen molar-refractivity contribution in [3.05, 3.63) is 29.0 Å². The molecule has 0 spiro atoms. The summed E-state index contributed by atoms with van der Waals surface area (Å²) in [6.45, 7) is 3.80. The summed E-state index contributed by atoms with van der Waals surface area (Å²) in [5.74, 6) is 1.95. The highest BCUT2D eigenvalue weighted by Gasteiger charge is 2.31. The topological polar surface area (TPSA) is 96.5 Å². The lowest BCUT2D eigenvalue weighted by Crippen LogP contribution is -2.36. The molecule has 176 valence electrons. The van der Waals surface area contributed by atoms with Gasteiger partial charge in [0.15, 0.2) is 22.5 Å². The molecule has 0 unspecified atom stereocenters. The molecule has 3 heterocycles. The molecule has 2 aromatic heterocycles. The molecule has 4 rings (SSSR count). The van der Waals surface area contributed by atoms with Crippen molar-refractivity contribution in [2.75, 3.05) is 34.1 Å². The molecule has 10 nitrogen and oxygen atoms in total. The largest absolute Gasteiger partial charge is 0.493 e. The zero-order valence-corrected chi connectivity index (χ0v) is 20.5. The Morgan fingerprint density at radius 3 is 2.39 bits per heavy atom. The Morgan fingerprint density at radius 2 is 1.82 bits per heavy atom. The van der Waals surface area contributed by atoms with Crippen LogP contribution in [-0.4, -0.2) is 69.5 Å². The Labute approximate surface area is 196 Å². The normalized spacial score (nSPS) is 13.1. The minimum atomic E-state index is -0.114. The molecule has 0 fully saturated rings. The summed E-state index contributed by atoms with van der Waals surface area (Å²) in [5.41, 5.74) is 3.35. The zero-order valence-electron chi connectivity index (χ0n) is 19.7. The first-order valence-electron chi connectivity index (χ1n) is 10.6. The number of carbonyl (C=O) groups is 1. The third-order valence-corrected chi connectivity index (χ3v) is 6.54. The third kappa shape index (κ3) is 3.90. The molecule has 0 N–H and O–H groups in total. The van der Waals surface area contributed by atoms with Gasteiger partial charge in [-0.25, -0.2) is 0 Å². The lowest BCUT2D eigenvalue weighted by Gasteiger charge is -2.28. The van der Waals surface area contributed by atoms with Crippen molar-refractivity contribution in [3.63, 3.8) is 0 Å². The molecular weight excluding hydrogens is 444 g/mol. The summed E-state index contributed by atoms with van der Waals surface area (Å²) in [7, 11) is 6.54. The number of nitrogens with zero attached hydrogens (tertiary/aromatic N) is 6. The molecule has 33 heavy (non-hydrogen) atoms. The lowest BCUT2D eigenvalue weighted by atomic mass is 10.0. The van der Waals surface area contributed by atoms with Gasteiger partial charge in [0.2, 0.25) is 5.75 Å². The van der Waals surface area contributed by atoms with E-state index in [9.17, 15) is 4.79 Å². The molecule has 0 radical (unpaired) electrons. The van der Waals surface area contributed by atoms with E-state index in [1.165, 1.54) is 21.3 Å². The van der Waals surface area contributed by atoms with Gasteiger partial charge in [0.1, 0.15) is 5.69 Å². The zero-order chi connectivity index (χ0) is 23.7. The summed E-state index contributed by atoms with van der Waals surface area (Å²) >= 11 is 1.55. The summed E-state index contributed by atoms with van der Waals surface area (Å²) in [6, 6.07) is 3.36. The van der Waals surface area contributed by atoms with E-state index in [1.54, 1.807) is 23.9 Å². The van der Waals surface area contributed by atoms with Gasteiger partial charge in [0.25, 0.3) is 5.91 Å². The molecule has 1 aliphatic heterocycles. The molecule has 1 amide bonds. The van der Waals surface area contributed by atoms with Crippen molar-refractivity contribution in [2.45, 2.75) is 31.6 Å². The average Bonchev–Trinajstić information content (AvgIpc) is 3.42. The van der Waals surface area contributed by atoms with Gasteiger partial charge in [0, 0.05) is 43.4 Å². The van der Waals surface area contributed by atoms with E-state index in [4.69, 9.17) is 19.3 Å². The molecule has 0 saturated heterocycles. The van der Waals surface area contributed by atoms with Crippen LogP contribution in [0.25, 0.3) is 11.5 Å². The predicted octanol–water partition coefficient (Wildman–Crippen LogP) is 2.64. The number of benzene rings is 1. The van der Waals surface area contributed by atoms with Crippen molar-refractivity contribution in [2.24, 2.45) is 7.05 Å². The summed E-state index contributed by atoms with van der Waals surface area (Å²) in [5, 5.41) is 14.3. The van der Waals surface area contributed by atoms with E-state index in [2.05, 4.69) is 17.1 Å². The van der Waals surface area contributed by atoms with Crippen LogP contribution in [0.1, 0.15) is 28.5 Å². The molecular formula is C22H28N6O4S. The predicted molar refractivity (Wildman–Crippen MR) is 124 cm³/mol. The highest BCUT2D eigenvalue weighted by atomic mass is 32.2. The first kappa shape index (κ1) is 23.0. The summed E-state index contributed by atoms with van der Waals surface area (Å²) in [4.78, 5) is 15.3. The summed E-state index contributed by atoms with van der Waals surface area (Å²) in [6.07, 6.45) is 2.68. The maximum atomic E-state index is 13.5. The van der Waals surface area contributed by atoms with Crippen LogP contribution >= 0.6 is 11.8 Å². The first-order valence-corrected chi connectivity index (χ1v) is 11.8. The fourth-order valence-corrected chi connectivity index (χ4v) is 4.79. The van der Waals surface area contributed by atoms with Gasteiger partial charge >= 0.3 is 0 Å². The molecule has 1 aromatic carbocycles. The van der Waals surface area contributed by atoms with Crippen LogP contribution in [0.2, 0.25) is 0 Å². The summed E-state index contributed by atoms with van der Waals surface area (Å²) < 4.78 is 20.2. The number of rotatable bonds is 7. The molecule has 3 aromatic rings. The average molecular weight is 473 g/mol. The van der Waals surface area contributed by atoms with Crippen LogP contribution in [0, 0.1) is 0 Å². The molecule has 0 atom stereocenters. The van der Waals surface area contributed by atoms with E-state index in [0.29, 0.717) is 42.3 Å². The monoisotopic (exact) mass is 472 g/mol. The van der Waals surface area contributed by atoms with E-state index in [1.807, 2.05) is 27.5 Å². The van der Waals surface area contributed by atoms with Crippen LogP contribution < -0.4 is 14.2 Å². The smallest absolute Gasteiger partial charge is 0.254 e. The molecule has 0 bridgehead atoms. The van der Waals surface area contributed by atoms with Gasteiger partial charge in [-0.05, 0) is 25.3 Å². The third-order valence-electron chi connectivity index (χ3n) is 5.87. The molecule has 0 aliphatic carbocycles. The van der Waals surface area contributed by atoms with Gasteiger partial charge in [0.05, 0.1) is 27.9 Å². The number of hydrogen-bond acceptors (Lipinski definition) is 8. The number of amides is 1. The van der Waals surface area contributed by atoms with Crippen molar-refractivity contribution in [1.29, 1.82) is 0 Å². The number of aryl methyl sites for hydroxylation is 1. The van der Waals surface area contributed by atoms with Gasteiger partial charge in [-0.3, -0.25) is 9.48 Å². The number of thioether (sulfide) groups is 1. The van der Waals surface area contributed by atoms with Crippen LogP contribution in [0.3, 0.4) is 0 Å². The van der Waals surface area contributed by atoms with Gasteiger partial charge in [-0.15, -0.1) is 10.2 Å². The van der Waals surface area contributed by atoms with Crippen LogP contribution in [0.5, 0.6) is 17.2 Å². The second kappa shape index (κ2) is 9.34. The lowest BCUT2D eigenvalue weighted by molar-refractivity contribution is 0.0733. The highest BCUT2D eigenvalue weighted by molar-refractivity contribution is 7.98. The maximum Gasteiger partial charge on any atom is 0.254 e. The van der Waals surface area contributed by atoms with E-state index in [-0.39, 0.29) is 5.91 Å². The quantitative estimate of drug-likeness (QED) is 0.484. The number of aromatic nitrogens is 5. The number of carbonyl (C=O) groups excluding carboxylic acids is 1. The Balaban J connectivity index is 1.70. The van der Waals surface area contributed by atoms with Crippen molar-refractivity contribution in [1.82, 2.24) is 29.4 Å². The van der Waals surface area contributed by atoms with Gasteiger partial charge < -0.3 is 23.7 Å². The SMILES string of the molecule is CCn1c(SC)nnc1-c1nn(C)c2c1CN(C(=O)c1cc(OC)c(OC)c(OC)c1)CC2. The van der Waals surface area contributed by atoms with E-state index >= 15 is 0 Å².